The molecule has 0 radical (unpaired) electrons. The summed E-state index contributed by atoms with van der Waals surface area (Å²) in [4.78, 5) is 15.9. The molecule has 1 atom stereocenters. The van der Waals surface area contributed by atoms with E-state index in [-0.39, 0.29) is 11.8 Å². The Morgan fingerprint density at radius 2 is 2.31 bits per heavy atom. The van der Waals surface area contributed by atoms with Crippen molar-refractivity contribution in [3.8, 4) is 0 Å². The lowest BCUT2D eigenvalue weighted by atomic mass is 10.1. The van der Waals surface area contributed by atoms with Gasteiger partial charge < -0.3 is 11.1 Å². The number of amides is 1. The third-order valence-corrected chi connectivity index (χ3v) is 3.35. The van der Waals surface area contributed by atoms with E-state index < -0.39 is 6.04 Å². The lowest BCUT2D eigenvalue weighted by Crippen LogP contribution is -2.44. The first-order chi connectivity index (χ1) is 7.50. The van der Waals surface area contributed by atoms with Crippen molar-refractivity contribution in [3.63, 3.8) is 0 Å². The Labute approximate surface area is 100 Å². The summed E-state index contributed by atoms with van der Waals surface area (Å²) in [7, 11) is 0. The molecule has 0 aliphatic heterocycles. The first kappa shape index (κ1) is 13.1. The SMILES string of the molecule is Cc1csc(CCNC(=O)[C@H](N)C(C)C)n1. The Morgan fingerprint density at radius 3 is 2.81 bits per heavy atom. The van der Waals surface area contributed by atoms with E-state index >= 15 is 0 Å². The molecule has 1 aromatic rings. The predicted molar refractivity (Wildman–Crippen MR) is 66.4 cm³/mol. The van der Waals surface area contributed by atoms with E-state index in [4.69, 9.17) is 5.73 Å². The maximum absolute atomic E-state index is 11.5. The lowest BCUT2D eigenvalue weighted by Gasteiger charge is -2.14. The van der Waals surface area contributed by atoms with Crippen molar-refractivity contribution in [1.29, 1.82) is 0 Å². The number of nitrogens with zero attached hydrogens (tertiary/aromatic N) is 1. The summed E-state index contributed by atoms with van der Waals surface area (Å²) in [6.45, 7) is 6.45. The first-order valence-corrected chi connectivity index (χ1v) is 6.33. The Morgan fingerprint density at radius 1 is 1.62 bits per heavy atom. The van der Waals surface area contributed by atoms with Crippen LogP contribution in [0.3, 0.4) is 0 Å². The summed E-state index contributed by atoms with van der Waals surface area (Å²) in [6, 6.07) is -0.418. The van der Waals surface area contributed by atoms with Crippen molar-refractivity contribution in [1.82, 2.24) is 10.3 Å². The number of aromatic nitrogens is 1. The van der Waals surface area contributed by atoms with Crippen LogP contribution in [0.1, 0.15) is 24.5 Å². The van der Waals surface area contributed by atoms with E-state index in [0.717, 1.165) is 17.1 Å². The van der Waals surface area contributed by atoms with Crippen LogP contribution in [0.25, 0.3) is 0 Å². The summed E-state index contributed by atoms with van der Waals surface area (Å²) in [5.41, 5.74) is 6.75. The second kappa shape index (κ2) is 5.96. The van der Waals surface area contributed by atoms with Crippen LogP contribution in [0, 0.1) is 12.8 Å². The molecule has 3 N–H and O–H groups in total. The number of hydrogen-bond donors (Lipinski definition) is 2. The molecule has 1 heterocycles. The summed E-state index contributed by atoms with van der Waals surface area (Å²) >= 11 is 1.62. The lowest BCUT2D eigenvalue weighted by molar-refractivity contribution is -0.123. The molecule has 90 valence electrons. The molecular formula is C11H19N3OS. The third kappa shape index (κ3) is 3.90. The molecule has 1 amide bonds. The fraction of sp³-hybridized carbons (Fsp3) is 0.636. The fourth-order valence-electron chi connectivity index (χ4n) is 1.23. The van der Waals surface area contributed by atoms with Crippen LogP contribution in [-0.2, 0) is 11.2 Å². The van der Waals surface area contributed by atoms with Gasteiger partial charge in [0.2, 0.25) is 5.91 Å². The van der Waals surface area contributed by atoms with Crippen molar-refractivity contribution in [2.45, 2.75) is 33.2 Å². The molecule has 1 rings (SSSR count). The maximum Gasteiger partial charge on any atom is 0.237 e. The minimum Gasteiger partial charge on any atom is -0.354 e. The molecule has 4 nitrogen and oxygen atoms in total. The molecule has 0 aromatic carbocycles. The number of rotatable bonds is 5. The van der Waals surface area contributed by atoms with E-state index in [2.05, 4.69) is 10.3 Å². The average Bonchev–Trinajstić information content (AvgIpc) is 2.62. The van der Waals surface area contributed by atoms with Crippen LogP contribution in [0.4, 0.5) is 0 Å². The van der Waals surface area contributed by atoms with Gasteiger partial charge in [-0.3, -0.25) is 4.79 Å². The normalized spacial score (nSPS) is 12.8. The van der Waals surface area contributed by atoms with Gasteiger partial charge in [-0.05, 0) is 12.8 Å². The number of carbonyl (C=O) groups excluding carboxylic acids is 1. The smallest absolute Gasteiger partial charge is 0.237 e. The standard InChI is InChI=1S/C11H19N3OS/c1-7(2)10(12)11(15)13-5-4-9-14-8(3)6-16-9/h6-7,10H,4-5,12H2,1-3H3,(H,13,15)/t10-/m1/s1. The monoisotopic (exact) mass is 241 g/mol. The Hall–Kier alpha value is -0.940. The van der Waals surface area contributed by atoms with E-state index in [0.29, 0.717) is 6.54 Å². The molecular weight excluding hydrogens is 222 g/mol. The number of aryl methyl sites for hydroxylation is 1. The van der Waals surface area contributed by atoms with Gasteiger partial charge in [0, 0.05) is 24.0 Å². The molecule has 0 spiro atoms. The summed E-state index contributed by atoms with van der Waals surface area (Å²) in [5.74, 6) is 0.0883. The number of nitrogens with two attached hydrogens (primary N) is 1. The molecule has 0 bridgehead atoms. The van der Waals surface area contributed by atoms with Crippen LogP contribution in [0.5, 0.6) is 0 Å². The van der Waals surface area contributed by atoms with Crippen LogP contribution in [0.2, 0.25) is 0 Å². The van der Waals surface area contributed by atoms with Gasteiger partial charge in [0.15, 0.2) is 0 Å². The Balaban J connectivity index is 2.28. The summed E-state index contributed by atoms with van der Waals surface area (Å²) in [6.07, 6.45) is 0.773. The van der Waals surface area contributed by atoms with Crippen molar-refractivity contribution in [2.75, 3.05) is 6.54 Å². The number of hydrogen-bond acceptors (Lipinski definition) is 4. The molecule has 0 saturated heterocycles. The Kier molecular flexibility index (Phi) is 4.89. The molecule has 0 aliphatic carbocycles. The van der Waals surface area contributed by atoms with E-state index in [1.54, 1.807) is 11.3 Å². The summed E-state index contributed by atoms with van der Waals surface area (Å²) in [5, 5.41) is 5.89. The van der Waals surface area contributed by atoms with Gasteiger partial charge in [-0.15, -0.1) is 11.3 Å². The molecule has 1 aromatic heterocycles. The molecule has 0 fully saturated rings. The predicted octanol–water partition coefficient (Wildman–Crippen LogP) is 1.09. The third-order valence-electron chi connectivity index (χ3n) is 2.33. The molecule has 0 saturated carbocycles. The van der Waals surface area contributed by atoms with Crippen LogP contribution < -0.4 is 11.1 Å². The highest BCUT2D eigenvalue weighted by Gasteiger charge is 2.16. The second-order valence-electron chi connectivity index (χ2n) is 4.19. The van der Waals surface area contributed by atoms with Crippen molar-refractivity contribution < 1.29 is 4.79 Å². The molecule has 16 heavy (non-hydrogen) atoms. The zero-order valence-electron chi connectivity index (χ0n) is 9.99. The Bertz CT molecular complexity index is 349. The second-order valence-corrected chi connectivity index (χ2v) is 5.14. The van der Waals surface area contributed by atoms with Gasteiger partial charge in [0.05, 0.1) is 11.0 Å². The summed E-state index contributed by atoms with van der Waals surface area (Å²) < 4.78 is 0. The highest BCUT2D eigenvalue weighted by molar-refractivity contribution is 7.09. The molecule has 0 aliphatic rings. The number of carbonyl (C=O) groups is 1. The molecule has 0 unspecified atom stereocenters. The zero-order chi connectivity index (χ0) is 12.1. The van der Waals surface area contributed by atoms with Gasteiger partial charge in [-0.25, -0.2) is 4.98 Å². The van der Waals surface area contributed by atoms with Crippen molar-refractivity contribution in [2.24, 2.45) is 11.7 Å². The van der Waals surface area contributed by atoms with Crippen LogP contribution in [-0.4, -0.2) is 23.5 Å². The first-order valence-electron chi connectivity index (χ1n) is 5.45. The van der Waals surface area contributed by atoms with Crippen LogP contribution >= 0.6 is 11.3 Å². The van der Waals surface area contributed by atoms with E-state index in [9.17, 15) is 4.79 Å². The molecule has 5 heteroatoms. The highest BCUT2D eigenvalue weighted by atomic mass is 32.1. The average molecular weight is 241 g/mol. The quantitative estimate of drug-likeness (QED) is 0.811. The van der Waals surface area contributed by atoms with Crippen molar-refractivity contribution in [3.05, 3.63) is 16.1 Å². The van der Waals surface area contributed by atoms with Crippen molar-refractivity contribution >= 4 is 17.2 Å². The minimum absolute atomic E-state index is 0.0803. The minimum atomic E-state index is -0.418. The maximum atomic E-state index is 11.5. The number of thiazole rings is 1. The van der Waals surface area contributed by atoms with Gasteiger partial charge >= 0.3 is 0 Å². The highest BCUT2D eigenvalue weighted by Crippen LogP contribution is 2.08. The van der Waals surface area contributed by atoms with E-state index in [1.165, 1.54) is 0 Å². The van der Waals surface area contributed by atoms with Crippen LogP contribution in [0.15, 0.2) is 5.38 Å². The fourth-order valence-corrected chi connectivity index (χ4v) is 2.01. The zero-order valence-corrected chi connectivity index (χ0v) is 10.8. The van der Waals surface area contributed by atoms with Gasteiger partial charge in [-0.2, -0.15) is 0 Å². The topological polar surface area (TPSA) is 68.0 Å². The van der Waals surface area contributed by atoms with Gasteiger partial charge in [0.25, 0.3) is 0 Å². The van der Waals surface area contributed by atoms with Gasteiger partial charge in [0.1, 0.15) is 0 Å². The van der Waals surface area contributed by atoms with Gasteiger partial charge in [-0.1, -0.05) is 13.8 Å². The number of nitrogens with one attached hydrogen (secondary N) is 1. The largest absolute Gasteiger partial charge is 0.354 e. The van der Waals surface area contributed by atoms with E-state index in [1.807, 2.05) is 26.2 Å².